The van der Waals surface area contributed by atoms with E-state index in [-0.39, 0.29) is 11.7 Å². The van der Waals surface area contributed by atoms with Gasteiger partial charge in [0.25, 0.3) is 0 Å². The van der Waals surface area contributed by atoms with E-state index in [9.17, 15) is 10.1 Å². The highest BCUT2D eigenvalue weighted by Gasteiger charge is 2.16. The van der Waals surface area contributed by atoms with Crippen molar-refractivity contribution >= 4 is 34.3 Å². The molecule has 1 amide bonds. The molecule has 0 atom stereocenters. The summed E-state index contributed by atoms with van der Waals surface area (Å²) in [5.74, 6) is 1.31. The van der Waals surface area contributed by atoms with Crippen LogP contribution in [0, 0.1) is 25.2 Å². The second-order valence-electron chi connectivity index (χ2n) is 6.78. The molecule has 0 bridgehead atoms. The summed E-state index contributed by atoms with van der Waals surface area (Å²) in [6, 6.07) is 13.4. The Hall–Kier alpha value is -3.24. The van der Waals surface area contributed by atoms with Crippen molar-refractivity contribution in [1.29, 1.82) is 5.26 Å². The van der Waals surface area contributed by atoms with Crippen LogP contribution in [0.3, 0.4) is 0 Å². The molecule has 7 heteroatoms. The van der Waals surface area contributed by atoms with Gasteiger partial charge in [-0.25, -0.2) is 4.98 Å². The van der Waals surface area contributed by atoms with Gasteiger partial charge < -0.3 is 14.8 Å². The molecule has 0 saturated carbocycles. The minimum Gasteiger partial charge on any atom is -0.486 e. The Kier molecular flexibility index (Phi) is 5.28. The van der Waals surface area contributed by atoms with Crippen molar-refractivity contribution in [2.24, 2.45) is 0 Å². The predicted molar refractivity (Wildman–Crippen MR) is 113 cm³/mol. The Balaban J connectivity index is 1.52. The number of nitrogens with zero attached hydrogens (tertiary/aromatic N) is 2. The van der Waals surface area contributed by atoms with Crippen molar-refractivity contribution in [1.82, 2.24) is 4.98 Å². The van der Waals surface area contributed by atoms with Gasteiger partial charge in [-0.1, -0.05) is 17.8 Å². The molecule has 0 saturated heterocycles. The zero-order valence-corrected chi connectivity index (χ0v) is 16.9. The van der Waals surface area contributed by atoms with Crippen LogP contribution in [-0.2, 0) is 4.79 Å². The van der Waals surface area contributed by atoms with Gasteiger partial charge in [-0.3, -0.25) is 4.79 Å². The monoisotopic (exact) mass is 405 g/mol. The molecule has 0 radical (unpaired) electrons. The number of hydrogen-bond donors (Lipinski definition) is 1. The maximum Gasteiger partial charge on any atom is 0.234 e. The SMILES string of the molecule is Cc1ccc(NC(=O)CSc2nc3cc4c(cc3cc2C#N)OCCO4)cc1C. The van der Waals surface area contributed by atoms with E-state index in [1.54, 1.807) is 6.07 Å². The second-order valence-corrected chi connectivity index (χ2v) is 7.74. The molecule has 1 aliphatic rings. The van der Waals surface area contributed by atoms with E-state index >= 15 is 0 Å². The van der Waals surface area contributed by atoms with Crippen LogP contribution in [0.2, 0.25) is 0 Å². The molecular weight excluding hydrogens is 386 g/mol. The Morgan fingerprint density at radius 1 is 1.14 bits per heavy atom. The van der Waals surface area contributed by atoms with Gasteiger partial charge in [0.2, 0.25) is 5.91 Å². The van der Waals surface area contributed by atoms with Crippen LogP contribution >= 0.6 is 11.8 Å². The number of nitrogens with one attached hydrogen (secondary N) is 1. The summed E-state index contributed by atoms with van der Waals surface area (Å²) in [7, 11) is 0. The van der Waals surface area contributed by atoms with Crippen molar-refractivity contribution in [2.45, 2.75) is 18.9 Å². The number of thioether (sulfide) groups is 1. The lowest BCUT2D eigenvalue weighted by Crippen LogP contribution is -2.15. The van der Waals surface area contributed by atoms with Crippen molar-refractivity contribution in [3.63, 3.8) is 0 Å². The number of pyridine rings is 1. The Morgan fingerprint density at radius 3 is 2.62 bits per heavy atom. The Labute approximate surface area is 172 Å². The number of nitriles is 1. The quantitative estimate of drug-likeness (QED) is 0.654. The average Bonchev–Trinajstić information content (AvgIpc) is 2.72. The first kappa shape index (κ1) is 19.1. The lowest BCUT2D eigenvalue weighted by Gasteiger charge is -2.18. The molecule has 146 valence electrons. The molecule has 4 rings (SSSR count). The first-order valence-corrected chi connectivity index (χ1v) is 10.2. The first-order chi connectivity index (χ1) is 14.0. The summed E-state index contributed by atoms with van der Waals surface area (Å²) in [5.41, 5.74) is 4.18. The van der Waals surface area contributed by atoms with Crippen LogP contribution in [-0.4, -0.2) is 29.9 Å². The first-order valence-electron chi connectivity index (χ1n) is 9.18. The maximum atomic E-state index is 12.4. The third-order valence-corrected chi connectivity index (χ3v) is 5.69. The third kappa shape index (κ3) is 4.13. The van der Waals surface area contributed by atoms with Crippen LogP contribution in [0.1, 0.15) is 16.7 Å². The number of hydrogen-bond acceptors (Lipinski definition) is 6. The summed E-state index contributed by atoms with van der Waals surface area (Å²) >= 11 is 1.24. The summed E-state index contributed by atoms with van der Waals surface area (Å²) in [6.07, 6.45) is 0. The number of aromatic nitrogens is 1. The third-order valence-electron chi connectivity index (χ3n) is 4.69. The number of aryl methyl sites for hydroxylation is 2. The van der Waals surface area contributed by atoms with Crippen LogP contribution < -0.4 is 14.8 Å². The molecule has 2 heterocycles. The highest BCUT2D eigenvalue weighted by molar-refractivity contribution is 8.00. The van der Waals surface area contributed by atoms with E-state index < -0.39 is 0 Å². The van der Waals surface area contributed by atoms with Gasteiger partial charge >= 0.3 is 0 Å². The van der Waals surface area contributed by atoms with E-state index in [0.29, 0.717) is 40.8 Å². The van der Waals surface area contributed by atoms with Crippen molar-refractivity contribution in [2.75, 3.05) is 24.3 Å². The van der Waals surface area contributed by atoms with Gasteiger partial charge in [-0.2, -0.15) is 5.26 Å². The molecule has 3 aromatic rings. The topological polar surface area (TPSA) is 84.2 Å². The van der Waals surface area contributed by atoms with E-state index in [1.165, 1.54) is 17.3 Å². The fraction of sp³-hybridized carbons (Fsp3) is 0.227. The molecule has 0 aliphatic carbocycles. The molecule has 1 aromatic heterocycles. The van der Waals surface area contributed by atoms with Crippen molar-refractivity contribution < 1.29 is 14.3 Å². The highest BCUT2D eigenvalue weighted by Crippen LogP contribution is 2.35. The highest BCUT2D eigenvalue weighted by atomic mass is 32.2. The number of carbonyl (C=O) groups excluding carboxylic acids is 1. The molecule has 29 heavy (non-hydrogen) atoms. The lowest BCUT2D eigenvalue weighted by atomic mass is 10.1. The molecule has 2 aromatic carbocycles. The molecule has 0 spiro atoms. The van der Waals surface area contributed by atoms with Crippen LogP contribution in [0.4, 0.5) is 5.69 Å². The smallest absolute Gasteiger partial charge is 0.234 e. The average molecular weight is 405 g/mol. The largest absolute Gasteiger partial charge is 0.486 e. The molecule has 0 unspecified atom stereocenters. The number of anilines is 1. The predicted octanol–water partition coefficient (Wildman–Crippen LogP) is 4.23. The maximum absolute atomic E-state index is 12.4. The van der Waals surface area contributed by atoms with E-state index in [2.05, 4.69) is 16.4 Å². The van der Waals surface area contributed by atoms with Crippen molar-refractivity contribution in [3.8, 4) is 17.6 Å². The van der Waals surface area contributed by atoms with E-state index in [0.717, 1.165) is 16.6 Å². The fourth-order valence-electron chi connectivity index (χ4n) is 3.03. The number of amides is 1. The van der Waals surface area contributed by atoms with Gasteiger partial charge in [0.15, 0.2) is 11.5 Å². The summed E-state index contributed by atoms with van der Waals surface area (Å²) < 4.78 is 11.2. The molecule has 6 nitrogen and oxygen atoms in total. The van der Waals surface area contributed by atoms with E-state index in [4.69, 9.17) is 9.47 Å². The standard InChI is InChI=1S/C22H19N3O3S/c1-13-3-4-17(7-14(13)2)24-21(26)12-29-22-16(11-23)8-15-9-19-20(10-18(15)25-22)28-6-5-27-19/h3-4,7-10H,5-6,12H2,1-2H3,(H,24,26). The van der Waals surface area contributed by atoms with Crippen LogP contribution in [0.25, 0.3) is 10.9 Å². The summed E-state index contributed by atoms with van der Waals surface area (Å²) in [5, 5.41) is 13.7. The second kappa shape index (κ2) is 8.02. The normalized spacial score (nSPS) is 12.4. The Bertz CT molecular complexity index is 1150. The van der Waals surface area contributed by atoms with Gasteiger partial charge in [0.1, 0.15) is 24.3 Å². The zero-order chi connectivity index (χ0) is 20.4. The molecular formula is C22H19N3O3S. The van der Waals surface area contributed by atoms with Gasteiger partial charge in [-0.15, -0.1) is 0 Å². The minimum absolute atomic E-state index is 0.147. The number of benzene rings is 2. The number of ether oxygens (including phenoxy) is 2. The summed E-state index contributed by atoms with van der Waals surface area (Å²) in [4.78, 5) is 16.9. The zero-order valence-electron chi connectivity index (χ0n) is 16.1. The number of carbonyl (C=O) groups is 1. The van der Waals surface area contributed by atoms with Crippen LogP contribution in [0.5, 0.6) is 11.5 Å². The van der Waals surface area contributed by atoms with Gasteiger partial charge in [0.05, 0.1) is 16.8 Å². The molecule has 1 aliphatic heterocycles. The number of rotatable bonds is 4. The van der Waals surface area contributed by atoms with Gasteiger partial charge in [-0.05, 0) is 49.2 Å². The van der Waals surface area contributed by atoms with Crippen LogP contribution in [0.15, 0.2) is 41.4 Å². The van der Waals surface area contributed by atoms with E-state index in [1.807, 2.05) is 44.2 Å². The Morgan fingerprint density at radius 2 is 1.90 bits per heavy atom. The fourth-order valence-corrected chi connectivity index (χ4v) is 3.80. The number of fused-ring (bicyclic) bond motifs is 2. The van der Waals surface area contributed by atoms with Crippen molar-refractivity contribution in [3.05, 3.63) is 53.1 Å². The van der Waals surface area contributed by atoms with Gasteiger partial charge in [0, 0.05) is 17.1 Å². The lowest BCUT2D eigenvalue weighted by molar-refractivity contribution is -0.113. The molecule has 1 N–H and O–H groups in total. The minimum atomic E-state index is -0.147. The molecule has 0 fully saturated rings. The summed E-state index contributed by atoms with van der Waals surface area (Å²) in [6.45, 7) is 5.03.